The van der Waals surface area contributed by atoms with Gasteiger partial charge in [-0.2, -0.15) is 5.26 Å². The van der Waals surface area contributed by atoms with Gasteiger partial charge in [-0.3, -0.25) is 4.79 Å². The zero-order valence-corrected chi connectivity index (χ0v) is 13.0. The highest BCUT2D eigenvalue weighted by molar-refractivity contribution is 5.81. The van der Waals surface area contributed by atoms with Crippen molar-refractivity contribution in [3.8, 4) is 11.8 Å². The van der Waals surface area contributed by atoms with E-state index < -0.39 is 5.97 Å². The molecule has 6 heteroatoms. The van der Waals surface area contributed by atoms with Gasteiger partial charge in [0.2, 0.25) is 0 Å². The molecule has 6 nitrogen and oxygen atoms in total. The summed E-state index contributed by atoms with van der Waals surface area (Å²) in [6.45, 7) is 0.860. The minimum atomic E-state index is -0.624. The summed E-state index contributed by atoms with van der Waals surface area (Å²) in [5.41, 5.74) is 0.348. The molecule has 0 aromatic heterocycles. The van der Waals surface area contributed by atoms with Crippen LogP contribution in [0.15, 0.2) is 24.3 Å². The summed E-state index contributed by atoms with van der Waals surface area (Å²) in [7, 11) is 0. The van der Waals surface area contributed by atoms with Crippen molar-refractivity contribution in [2.45, 2.75) is 25.7 Å². The van der Waals surface area contributed by atoms with E-state index >= 15 is 0 Å². The van der Waals surface area contributed by atoms with Crippen LogP contribution in [0.5, 0.6) is 5.75 Å². The summed E-state index contributed by atoms with van der Waals surface area (Å²) in [5, 5.41) is 8.93. The number of hydrogen-bond acceptors (Lipinski definition) is 5. The zero-order chi connectivity index (χ0) is 16.5. The maximum absolute atomic E-state index is 12.0. The number of para-hydroxylation sites is 1. The van der Waals surface area contributed by atoms with E-state index in [0.29, 0.717) is 11.3 Å². The predicted octanol–water partition coefficient (Wildman–Crippen LogP) is 1.88. The van der Waals surface area contributed by atoms with Crippen molar-refractivity contribution in [1.29, 1.82) is 5.26 Å². The Balaban J connectivity index is 1.74. The number of carbonyl (C=O) groups excluding carboxylic acids is 2. The molecule has 1 aromatic rings. The summed E-state index contributed by atoms with van der Waals surface area (Å²) < 4.78 is 10.2. The molecular weight excluding hydrogens is 296 g/mol. The molecule has 23 heavy (non-hydrogen) atoms. The molecule has 0 saturated carbocycles. The maximum atomic E-state index is 12.0. The van der Waals surface area contributed by atoms with E-state index in [0.717, 1.165) is 38.8 Å². The highest BCUT2D eigenvalue weighted by Gasteiger charge is 2.17. The number of carbonyl (C=O) groups is 2. The molecule has 122 valence electrons. The highest BCUT2D eigenvalue weighted by atomic mass is 16.6. The van der Waals surface area contributed by atoms with Crippen molar-refractivity contribution in [1.82, 2.24) is 4.90 Å². The molecule has 2 rings (SSSR count). The SMILES string of the molecule is N#Cc1ccccc1OCC(=O)OCC(=O)N1CCCCCC1. The average Bonchev–Trinajstić information content (AvgIpc) is 2.87. The van der Waals surface area contributed by atoms with Crippen molar-refractivity contribution in [2.24, 2.45) is 0 Å². The number of benzene rings is 1. The topological polar surface area (TPSA) is 79.6 Å². The van der Waals surface area contributed by atoms with Gasteiger partial charge in [0.15, 0.2) is 13.2 Å². The molecule has 1 amide bonds. The Hall–Kier alpha value is -2.55. The van der Waals surface area contributed by atoms with E-state index in [1.807, 2.05) is 6.07 Å². The Labute approximate surface area is 135 Å². The molecule has 0 bridgehead atoms. The van der Waals surface area contributed by atoms with E-state index in [-0.39, 0.29) is 19.1 Å². The third kappa shape index (κ3) is 5.29. The number of likely N-dealkylation sites (tertiary alicyclic amines) is 1. The van der Waals surface area contributed by atoms with Gasteiger partial charge in [-0.1, -0.05) is 25.0 Å². The van der Waals surface area contributed by atoms with Crippen molar-refractivity contribution >= 4 is 11.9 Å². The molecule has 1 aliphatic heterocycles. The highest BCUT2D eigenvalue weighted by Crippen LogP contribution is 2.16. The molecule has 0 atom stereocenters. The van der Waals surface area contributed by atoms with E-state index in [2.05, 4.69) is 0 Å². The number of amides is 1. The fourth-order valence-electron chi connectivity index (χ4n) is 2.42. The first-order valence-electron chi connectivity index (χ1n) is 7.76. The number of ether oxygens (including phenoxy) is 2. The normalized spacial score (nSPS) is 14.5. The van der Waals surface area contributed by atoms with Crippen molar-refractivity contribution in [3.63, 3.8) is 0 Å². The fourth-order valence-corrected chi connectivity index (χ4v) is 2.42. The lowest BCUT2D eigenvalue weighted by molar-refractivity contribution is -0.153. The smallest absolute Gasteiger partial charge is 0.344 e. The lowest BCUT2D eigenvalue weighted by Crippen LogP contribution is -2.35. The van der Waals surface area contributed by atoms with Crippen LogP contribution in [0.2, 0.25) is 0 Å². The monoisotopic (exact) mass is 316 g/mol. The van der Waals surface area contributed by atoms with Crippen LogP contribution < -0.4 is 4.74 Å². The Morgan fingerprint density at radius 3 is 2.48 bits per heavy atom. The summed E-state index contributed by atoms with van der Waals surface area (Å²) in [6, 6.07) is 8.61. The Bertz CT molecular complexity index is 587. The molecule has 1 heterocycles. The number of hydrogen-bond donors (Lipinski definition) is 0. The first-order valence-corrected chi connectivity index (χ1v) is 7.76. The molecule has 0 unspecified atom stereocenters. The second-order valence-electron chi connectivity index (χ2n) is 5.35. The Kier molecular flexibility index (Phi) is 6.42. The third-order valence-corrected chi connectivity index (χ3v) is 3.67. The van der Waals surface area contributed by atoms with Crippen LogP contribution in [0.3, 0.4) is 0 Å². The van der Waals surface area contributed by atoms with Gasteiger partial charge in [-0.15, -0.1) is 0 Å². The Morgan fingerprint density at radius 1 is 1.09 bits per heavy atom. The molecule has 0 spiro atoms. The summed E-state index contributed by atoms with van der Waals surface area (Å²) in [6.07, 6.45) is 4.26. The maximum Gasteiger partial charge on any atom is 0.344 e. The largest absolute Gasteiger partial charge is 0.481 e. The second-order valence-corrected chi connectivity index (χ2v) is 5.35. The van der Waals surface area contributed by atoms with Gasteiger partial charge >= 0.3 is 5.97 Å². The van der Waals surface area contributed by atoms with Gasteiger partial charge in [0, 0.05) is 13.1 Å². The molecule has 0 radical (unpaired) electrons. The van der Waals surface area contributed by atoms with Crippen molar-refractivity contribution in [2.75, 3.05) is 26.3 Å². The molecular formula is C17H20N2O4. The summed E-state index contributed by atoms with van der Waals surface area (Å²) in [4.78, 5) is 25.4. The van der Waals surface area contributed by atoms with Gasteiger partial charge in [-0.25, -0.2) is 4.79 Å². The number of nitrogens with zero attached hydrogens (tertiary/aromatic N) is 2. The molecule has 1 fully saturated rings. The van der Waals surface area contributed by atoms with Crippen molar-refractivity contribution in [3.05, 3.63) is 29.8 Å². The standard InChI is InChI=1S/C17H20N2O4/c18-11-14-7-3-4-8-15(14)22-13-17(21)23-12-16(20)19-9-5-1-2-6-10-19/h3-4,7-8H,1-2,5-6,9-10,12-13H2. The number of rotatable bonds is 5. The summed E-state index contributed by atoms with van der Waals surface area (Å²) in [5.74, 6) is -0.468. The first-order chi connectivity index (χ1) is 11.2. The van der Waals surface area contributed by atoms with Crippen LogP contribution in [0.4, 0.5) is 0 Å². The quantitative estimate of drug-likeness (QED) is 0.775. The third-order valence-electron chi connectivity index (χ3n) is 3.67. The van der Waals surface area contributed by atoms with Gasteiger partial charge < -0.3 is 14.4 Å². The van der Waals surface area contributed by atoms with Crippen LogP contribution in [0, 0.1) is 11.3 Å². The second kappa shape index (κ2) is 8.79. The fraction of sp³-hybridized carbons (Fsp3) is 0.471. The van der Waals surface area contributed by atoms with Gasteiger partial charge in [0.1, 0.15) is 11.8 Å². The lowest BCUT2D eigenvalue weighted by Gasteiger charge is -2.19. The minimum Gasteiger partial charge on any atom is -0.481 e. The van der Waals surface area contributed by atoms with Gasteiger partial charge in [-0.05, 0) is 25.0 Å². The van der Waals surface area contributed by atoms with Crippen LogP contribution >= 0.6 is 0 Å². The Morgan fingerprint density at radius 2 is 1.78 bits per heavy atom. The van der Waals surface area contributed by atoms with Crippen LogP contribution in [0.1, 0.15) is 31.2 Å². The summed E-state index contributed by atoms with van der Waals surface area (Å²) >= 11 is 0. The lowest BCUT2D eigenvalue weighted by atomic mass is 10.2. The molecule has 1 saturated heterocycles. The van der Waals surface area contributed by atoms with E-state index in [9.17, 15) is 9.59 Å². The average molecular weight is 316 g/mol. The van der Waals surface area contributed by atoms with Gasteiger partial charge in [0.05, 0.1) is 5.56 Å². The van der Waals surface area contributed by atoms with Crippen LogP contribution in [0.25, 0.3) is 0 Å². The van der Waals surface area contributed by atoms with Gasteiger partial charge in [0.25, 0.3) is 5.91 Å². The molecule has 1 aliphatic rings. The molecule has 0 N–H and O–H groups in total. The van der Waals surface area contributed by atoms with E-state index in [1.165, 1.54) is 0 Å². The van der Waals surface area contributed by atoms with E-state index in [1.54, 1.807) is 29.2 Å². The predicted molar refractivity (Wildman–Crippen MR) is 82.7 cm³/mol. The first kappa shape index (κ1) is 16.8. The zero-order valence-electron chi connectivity index (χ0n) is 13.0. The number of esters is 1. The van der Waals surface area contributed by atoms with Crippen LogP contribution in [-0.4, -0.2) is 43.1 Å². The van der Waals surface area contributed by atoms with Crippen LogP contribution in [-0.2, 0) is 14.3 Å². The minimum absolute atomic E-state index is 0.169. The van der Waals surface area contributed by atoms with E-state index in [4.69, 9.17) is 14.7 Å². The molecule has 1 aromatic carbocycles. The molecule has 0 aliphatic carbocycles. The number of nitriles is 1. The van der Waals surface area contributed by atoms with Crippen molar-refractivity contribution < 1.29 is 19.1 Å².